The molecule has 1 aliphatic heterocycles. The Morgan fingerprint density at radius 2 is 1.86 bits per heavy atom. The molecule has 0 bridgehead atoms. The van der Waals surface area contributed by atoms with Gasteiger partial charge >= 0.3 is 0 Å². The molecule has 1 fully saturated rings. The van der Waals surface area contributed by atoms with E-state index in [1.54, 1.807) is 0 Å². The van der Waals surface area contributed by atoms with Crippen molar-refractivity contribution in [1.82, 2.24) is 4.90 Å². The van der Waals surface area contributed by atoms with E-state index in [-0.39, 0.29) is 0 Å². The molecule has 0 amide bonds. The molecule has 0 N–H and O–H groups in total. The lowest BCUT2D eigenvalue weighted by atomic mass is 9.93. The van der Waals surface area contributed by atoms with Crippen LogP contribution in [0.3, 0.4) is 0 Å². The molecule has 1 heterocycles. The van der Waals surface area contributed by atoms with Gasteiger partial charge in [-0.3, -0.25) is 4.90 Å². The molecule has 0 aromatic carbocycles. The van der Waals surface area contributed by atoms with E-state index >= 15 is 0 Å². The van der Waals surface area contributed by atoms with Crippen LogP contribution < -0.4 is 0 Å². The van der Waals surface area contributed by atoms with Gasteiger partial charge in [0.2, 0.25) is 0 Å². The maximum absolute atomic E-state index is 5.39. The highest BCUT2D eigenvalue weighted by molar-refractivity contribution is 4.85. The van der Waals surface area contributed by atoms with Crippen molar-refractivity contribution in [2.24, 2.45) is 0 Å². The van der Waals surface area contributed by atoms with Crippen LogP contribution in [0.25, 0.3) is 0 Å². The summed E-state index contributed by atoms with van der Waals surface area (Å²) in [6.45, 7) is 9.40. The minimum Gasteiger partial charge on any atom is -0.381 e. The molecule has 0 aliphatic carbocycles. The highest BCUT2D eigenvalue weighted by Crippen LogP contribution is 2.25. The number of nitrogens with zero attached hydrogens (tertiary/aromatic N) is 1. The smallest absolute Gasteiger partial charge is 0.0595 e. The standard InChI is InChI=1S/C12H25NO/c1-5-8-12(2,3)13-9-6-11(14-4)7-10-13/h11H,5-10H2,1-4H3. The molecule has 14 heavy (non-hydrogen) atoms. The lowest BCUT2D eigenvalue weighted by molar-refractivity contribution is 0.00385. The number of methoxy groups -OCH3 is 1. The van der Waals surface area contributed by atoms with Crippen LogP contribution in [-0.2, 0) is 4.74 Å². The average Bonchev–Trinajstić information content (AvgIpc) is 2.18. The Hall–Kier alpha value is -0.0800. The Balaban J connectivity index is 2.40. The third-order valence-corrected chi connectivity index (χ3v) is 3.49. The number of likely N-dealkylation sites (tertiary alicyclic amines) is 1. The van der Waals surface area contributed by atoms with Crippen LogP contribution >= 0.6 is 0 Å². The van der Waals surface area contributed by atoms with Crippen LogP contribution in [0.4, 0.5) is 0 Å². The molecule has 0 atom stereocenters. The predicted molar refractivity (Wildman–Crippen MR) is 60.6 cm³/mol. The first-order chi connectivity index (χ1) is 6.60. The molecule has 1 aliphatic rings. The van der Waals surface area contributed by atoms with Gasteiger partial charge in [-0.15, -0.1) is 0 Å². The van der Waals surface area contributed by atoms with Crippen LogP contribution in [0.15, 0.2) is 0 Å². The SMILES string of the molecule is CCCC(C)(C)N1CCC(OC)CC1. The molecule has 0 saturated carbocycles. The van der Waals surface area contributed by atoms with Gasteiger partial charge in [0, 0.05) is 25.7 Å². The third-order valence-electron chi connectivity index (χ3n) is 3.49. The van der Waals surface area contributed by atoms with E-state index in [1.165, 1.54) is 38.8 Å². The Morgan fingerprint density at radius 3 is 2.29 bits per heavy atom. The molecule has 2 nitrogen and oxygen atoms in total. The van der Waals surface area contributed by atoms with Crippen molar-refractivity contribution in [2.75, 3.05) is 20.2 Å². The van der Waals surface area contributed by atoms with Gasteiger partial charge in [-0.1, -0.05) is 13.3 Å². The summed E-state index contributed by atoms with van der Waals surface area (Å²) in [5, 5.41) is 0. The third kappa shape index (κ3) is 2.96. The summed E-state index contributed by atoms with van der Waals surface area (Å²) < 4.78 is 5.39. The highest BCUT2D eigenvalue weighted by atomic mass is 16.5. The Labute approximate surface area is 88.6 Å². The first kappa shape index (κ1) is 12.0. The number of piperidine rings is 1. The quantitative estimate of drug-likeness (QED) is 0.690. The summed E-state index contributed by atoms with van der Waals surface area (Å²) in [6.07, 6.45) is 5.47. The second kappa shape index (κ2) is 5.13. The van der Waals surface area contributed by atoms with E-state index in [0.29, 0.717) is 11.6 Å². The van der Waals surface area contributed by atoms with Crippen molar-refractivity contribution < 1.29 is 4.74 Å². The van der Waals surface area contributed by atoms with E-state index in [4.69, 9.17) is 4.74 Å². The largest absolute Gasteiger partial charge is 0.381 e. The molecule has 0 aromatic rings. The molecule has 84 valence electrons. The van der Waals surface area contributed by atoms with Crippen molar-refractivity contribution >= 4 is 0 Å². The minimum absolute atomic E-state index is 0.382. The van der Waals surface area contributed by atoms with E-state index < -0.39 is 0 Å². The van der Waals surface area contributed by atoms with Gasteiger partial charge in [0.1, 0.15) is 0 Å². The minimum atomic E-state index is 0.382. The second-order valence-corrected chi connectivity index (χ2v) is 4.98. The van der Waals surface area contributed by atoms with Crippen LogP contribution in [0.5, 0.6) is 0 Å². The Morgan fingerprint density at radius 1 is 1.29 bits per heavy atom. The van der Waals surface area contributed by atoms with Crippen molar-refractivity contribution in [2.45, 2.75) is 58.1 Å². The van der Waals surface area contributed by atoms with Crippen molar-refractivity contribution in [3.63, 3.8) is 0 Å². The van der Waals surface area contributed by atoms with Gasteiger partial charge in [-0.2, -0.15) is 0 Å². The molecule has 0 radical (unpaired) electrons. The fraction of sp³-hybridized carbons (Fsp3) is 1.00. The maximum Gasteiger partial charge on any atom is 0.0595 e. The molecule has 0 aromatic heterocycles. The lowest BCUT2D eigenvalue weighted by Gasteiger charge is -2.42. The fourth-order valence-corrected chi connectivity index (χ4v) is 2.47. The zero-order valence-corrected chi connectivity index (χ0v) is 10.2. The number of hydrogen-bond acceptors (Lipinski definition) is 2. The van der Waals surface area contributed by atoms with Gasteiger partial charge in [0.05, 0.1) is 6.10 Å². The summed E-state index contributed by atoms with van der Waals surface area (Å²) in [6, 6.07) is 0. The monoisotopic (exact) mass is 199 g/mol. The molecule has 2 heteroatoms. The molecule has 1 saturated heterocycles. The van der Waals surface area contributed by atoms with Crippen LogP contribution in [0, 0.1) is 0 Å². The van der Waals surface area contributed by atoms with Gasteiger partial charge < -0.3 is 4.74 Å². The summed E-state index contributed by atoms with van der Waals surface area (Å²) in [5.74, 6) is 0. The second-order valence-electron chi connectivity index (χ2n) is 4.98. The van der Waals surface area contributed by atoms with Crippen molar-refractivity contribution in [3.8, 4) is 0 Å². The molecule has 0 unspecified atom stereocenters. The van der Waals surface area contributed by atoms with E-state index in [9.17, 15) is 0 Å². The average molecular weight is 199 g/mol. The molecule has 0 spiro atoms. The van der Waals surface area contributed by atoms with Crippen molar-refractivity contribution in [1.29, 1.82) is 0 Å². The number of hydrogen-bond donors (Lipinski definition) is 0. The zero-order valence-electron chi connectivity index (χ0n) is 10.2. The first-order valence-corrected chi connectivity index (χ1v) is 5.88. The van der Waals surface area contributed by atoms with Gasteiger partial charge in [0.15, 0.2) is 0 Å². The summed E-state index contributed by atoms with van der Waals surface area (Å²) in [7, 11) is 1.83. The summed E-state index contributed by atoms with van der Waals surface area (Å²) in [5.41, 5.74) is 0.382. The highest BCUT2D eigenvalue weighted by Gasteiger charge is 2.29. The van der Waals surface area contributed by atoms with Crippen LogP contribution in [0.2, 0.25) is 0 Å². The molecular weight excluding hydrogens is 174 g/mol. The van der Waals surface area contributed by atoms with Gasteiger partial charge in [-0.25, -0.2) is 0 Å². The first-order valence-electron chi connectivity index (χ1n) is 5.88. The van der Waals surface area contributed by atoms with Crippen LogP contribution in [-0.4, -0.2) is 36.7 Å². The number of ether oxygens (including phenoxy) is 1. The Kier molecular flexibility index (Phi) is 4.39. The van der Waals surface area contributed by atoms with E-state index in [0.717, 1.165) is 0 Å². The lowest BCUT2D eigenvalue weighted by Crippen LogP contribution is -2.49. The normalized spacial score (nSPS) is 21.4. The fourth-order valence-electron chi connectivity index (χ4n) is 2.47. The van der Waals surface area contributed by atoms with Crippen molar-refractivity contribution in [3.05, 3.63) is 0 Å². The van der Waals surface area contributed by atoms with Crippen LogP contribution in [0.1, 0.15) is 46.5 Å². The van der Waals surface area contributed by atoms with E-state index in [2.05, 4.69) is 25.7 Å². The van der Waals surface area contributed by atoms with E-state index in [1.807, 2.05) is 7.11 Å². The van der Waals surface area contributed by atoms with Gasteiger partial charge in [0.25, 0.3) is 0 Å². The zero-order chi connectivity index (χ0) is 10.6. The van der Waals surface area contributed by atoms with Gasteiger partial charge in [-0.05, 0) is 33.1 Å². The number of rotatable bonds is 4. The topological polar surface area (TPSA) is 12.5 Å². The maximum atomic E-state index is 5.39. The summed E-state index contributed by atoms with van der Waals surface area (Å²) in [4.78, 5) is 2.62. The Bertz CT molecular complexity index is 160. The molecular formula is C12H25NO. The molecule has 1 rings (SSSR count). The summed E-state index contributed by atoms with van der Waals surface area (Å²) >= 11 is 0. The predicted octanol–water partition coefficient (Wildman–Crippen LogP) is 2.68.